The van der Waals surface area contributed by atoms with E-state index >= 15 is 0 Å². The number of rotatable bonds is 5. The van der Waals surface area contributed by atoms with Crippen LogP contribution in [0, 0.1) is 5.41 Å². The molecule has 0 radical (unpaired) electrons. The number of carboxylic acid groups (broad SMARTS) is 1. The summed E-state index contributed by atoms with van der Waals surface area (Å²) in [6.07, 6.45) is 1.53. The zero-order valence-corrected chi connectivity index (χ0v) is 7.39. The fraction of sp³-hybridized carbons (Fsp3) is 0.875. The standard InChI is InChI=1S/C8H16O3/c1-4-5-8(2,6-11-3)7(9)10/h4-6H2,1-3H3,(H,9,10). The van der Waals surface area contributed by atoms with E-state index in [4.69, 9.17) is 9.84 Å². The second-order valence-electron chi connectivity index (χ2n) is 3.05. The highest BCUT2D eigenvalue weighted by molar-refractivity contribution is 5.74. The summed E-state index contributed by atoms with van der Waals surface area (Å²) in [6, 6.07) is 0. The predicted molar refractivity (Wildman–Crippen MR) is 42.5 cm³/mol. The minimum Gasteiger partial charge on any atom is -0.481 e. The predicted octanol–water partition coefficient (Wildman–Crippen LogP) is 1.52. The van der Waals surface area contributed by atoms with Crippen molar-refractivity contribution in [3.8, 4) is 0 Å². The molecule has 0 aromatic heterocycles. The Morgan fingerprint density at radius 2 is 2.18 bits per heavy atom. The topological polar surface area (TPSA) is 46.5 Å². The van der Waals surface area contributed by atoms with Gasteiger partial charge in [-0.3, -0.25) is 4.79 Å². The Hall–Kier alpha value is -0.570. The maximum atomic E-state index is 10.7. The average molecular weight is 160 g/mol. The minimum absolute atomic E-state index is 0.288. The zero-order valence-electron chi connectivity index (χ0n) is 7.39. The molecule has 0 aliphatic heterocycles. The third-order valence-corrected chi connectivity index (χ3v) is 1.78. The summed E-state index contributed by atoms with van der Waals surface area (Å²) in [6.45, 7) is 3.97. The van der Waals surface area contributed by atoms with Gasteiger partial charge >= 0.3 is 5.97 Å². The van der Waals surface area contributed by atoms with E-state index in [2.05, 4.69) is 0 Å². The molecule has 0 aromatic rings. The van der Waals surface area contributed by atoms with Crippen molar-refractivity contribution >= 4 is 5.97 Å². The van der Waals surface area contributed by atoms with Crippen LogP contribution in [0.25, 0.3) is 0 Å². The van der Waals surface area contributed by atoms with Gasteiger partial charge in [-0.2, -0.15) is 0 Å². The van der Waals surface area contributed by atoms with Gasteiger partial charge in [-0.15, -0.1) is 0 Å². The Kier molecular flexibility index (Phi) is 4.11. The molecule has 0 aliphatic rings. The normalized spacial score (nSPS) is 15.9. The van der Waals surface area contributed by atoms with Gasteiger partial charge < -0.3 is 9.84 Å². The highest BCUT2D eigenvalue weighted by atomic mass is 16.5. The van der Waals surface area contributed by atoms with Gasteiger partial charge in [-0.25, -0.2) is 0 Å². The van der Waals surface area contributed by atoms with Crippen LogP contribution in [0.5, 0.6) is 0 Å². The summed E-state index contributed by atoms with van der Waals surface area (Å²) in [5, 5.41) is 8.81. The van der Waals surface area contributed by atoms with Crippen molar-refractivity contribution in [3.63, 3.8) is 0 Å². The quantitative estimate of drug-likeness (QED) is 0.663. The van der Waals surface area contributed by atoms with Crippen LogP contribution >= 0.6 is 0 Å². The van der Waals surface area contributed by atoms with E-state index in [0.29, 0.717) is 6.42 Å². The summed E-state index contributed by atoms with van der Waals surface area (Å²) in [5.74, 6) is -0.777. The molecular weight excluding hydrogens is 144 g/mol. The summed E-state index contributed by atoms with van der Waals surface area (Å²) < 4.78 is 4.84. The van der Waals surface area contributed by atoms with E-state index in [9.17, 15) is 4.79 Å². The molecule has 0 bridgehead atoms. The summed E-state index contributed by atoms with van der Waals surface area (Å²) in [5.41, 5.74) is -0.705. The van der Waals surface area contributed by atoms with Gasteiger partial charge in [0.15, 0.2) is 0 Å². The first-order valence-electron chi connectivity index (χ1n) is 3.79. The summed E-state index contributed by atoms with van der Waals surface area (Å²) >= 11 is 0. The molecule has 11 heavy (non-hydrogen) atoms. The molecule has 66 valence electrons. The van der Waals surface area contributed by atoms with E-state index in [1.807, 2.05) is 6.92 Å². The molecule has 0 heterocycles. The number of aliphatic carboxylic acids is 1. The van der Waals surface area contributed by atoms with Gasteiger partial charge in [0.1, 0.15) is 0 Å². The molecule has 3 nitrogen and oxygen atoms in total. The highest BCUT2D eigenvalue weighted by Crippen LogP contribution is 2.23. The zero-order chi connectivity index (χ0) is 8.91. The maximum Gasteiger partial charge on any atom is 0.311 e. The molecule has 1 N–H and O–H groups in total. The molecule has 0 amide bonds. The summed E-state index contributed by atoms with van der Waals surface area (Å²) in [7, 11) is 1.52. The van der Waals surface area contributed by atoms with E-state index in [0.717, 1.165) is 6.42 Å². The first-order chi connectivity index (χ1) is 5.06. The van der Waals surface area contributed by atoms with E-state index in [1.54, 1.807) is 6.92 Å². The largest absolute Gasteiger partial charge is 0.481 e. The van der Waals surface area contributed by atoms with Gasteiger partial charge in [0, 0.05) is 7.11 Å². The van der Waals surface area contributed by atoms with Crippen molar-refractivity contribution in [2.24, 2.45) is 5.41 Å². The van der Waals surface area contributed by atoms with Gasteiger partial charge in [0.2, 0.25) is 0 Å². The van der Waals surface area contributed by atoms with E-state index < -0.39 is 11.4 Å². The molecule has 3 heteroatoms. The van der Waals surface area contributed by atoms with Crippen LogP contribution in [0.2, 0.25) is 0 Å². The Labute approximate surface area is 67.4 Å². The van der Waals surface area contributed by atoms with Crippen LogP contribution in [0.3, 0.4) is 0 Å². The summed E-state index contributed by atoms with van der Waals surface area (Å²) in [4.78, 5) is 10.7. The Morgan fingerprint density at radius 1 is 1.64 bits per heavy atom. The first-order valence-corrected chi connectivity index (χ1v) is 3.79. The van der Waals surface area contributed by atoms with Crippen molar-refractivity contribution in [1.82, 2.24) is 0 Å². The van der Waals surface area contributed by atoms with Crippen LogP contribution in [0.1, 0.15) is 26.7 Å². The number of carbonyl (C=O) groups is 1. The van der Waals surface area contributed by atoms with Gasteiger partial charge in [0.25, 0.3) is 0 Å². The fourth-order valence-electron chi connectivity index (χ4n) is 1.11. The maximum absolute atomic E-state index is 10.7. The third-order valence-electron chi connectivity index (χ3n) is 1.78. The molecule has 0 aliphatic carbocycles. The van der Waals surface area contributed by atoms with Crippen molar-refractivity contribution in [1.29, 1.82) is 0 Å². The smallest absolute Gasteiger partial charge is 0.311 e. The minimum atomic E-state index is -0.777. The van der Waals surface area contributed by atoms with Crippen LogP contribution in [-0.4, -0.2) is 24.8 Å². The fourth-order valence-corrected chi connectivity index (χ4v) is 1.11. The Balaban J connectivity index is 4.13. The molecule has 0 saturated carbocycles. The van der Waals surface area contributed by atoms with Crippen LogP contribution < -0.4 is 0 Å². The average Bonchev–Trinajstić information content (AvgIpc) is 1.88. The van der Waals surface area contributed by atoms with Crippen molar-refractivity contribution in [2.75, 3.05) is 13.7 Å². The Morgan fingerprint density at radius 3 is 2.45 bits per heavy atom. The second kappa shape index (κ2) is 4.34. The molecule has 0 saturated heterocycles. The van der Waals surface area contributed by atoms with Crippen molar-refractivity contribution in [2.45, 2.75) is 26.7 Å². The first kappa shape index (κ1) is 10.4. The Bertz CT molecular complexity index is 125. The van der Waals surface area contributed by atoms with E-state index in [-0.39, 0.29) is 6.61 Å². The monoisotopic (exact) mass is 160 g/mol. The second-order valence-corrected chi connectivity index (χ2v) is 3.05. The number of carboxylic acids is 1. The number of methoxy groups -OCH3 is 1. The SMILES string of the molecule is CCCC(C)(COC)C(=O)O. The number of ether oxygens (including phenoxy) is 1. The lowest BCUT2D eigenvalue weighted by Crippen LogP contribution is -2.32. The van der Waals surface area contributed by atoms with Crippen LogP contribution in [-0.2, 0) is 9.53 Å². The lowest BCUT2D eigenvalue weighted by molar-refractivity contribution is -0.151. The van der Waals surface area contributed by atoms with Gasteiger partial charge in [0.05, 0.1) is 12.0 Å². The molecular formula is C8H16O3. The number of hydrogen-bond donors (Lipinski definition) is 1. The molecule has 0 spiro atoms. The number of hydrogen-bond acceptors (Lipinski definition) is 2. The van der Waals surface area contributed by atoms with E-state index in [1.165, 1.54) is 7.11 Å². The molecule has 1 unspecified atom stereocenters. The van der Waals surface area contributed by atoms with Crippen LogP contribution in [0.4, 0.5) is 0 Å². The van der Waals surface area contributed by atoms with Crippen molar-refractivity contribution < 1.29 is 14.6 Å². The molecule has 1 atom stereocenters. The van der Waals surface area contributed by atoms with Crippen molar-refractivity contribution in [3.05, 3.63) is 0 Å². The third kappa shape index (κ3) is 2.89. The molecule has 0 aromatic carbocycles. The highest BCUT2D eigenvalue weighted by Gasteiger charge is 2.31. The lowest BCUT2D eigenvalue weighted by atomic mass is 9.87. The molecule has 0 fully saturated rings. The van der Waals surface area contributed by atoms with Gasteiger partial charge in [-0.05, 0) is 13.3 Å². The van der Waals surface area contributed by atoms with Gasteiger partial charge in [-0.1, -0.05) is 13.3 Å². The van der Waals surface area contributed by atoms with Crippen LogP contribution in [0.15, 0.2) is 0 Å². The lowest BCUT2D eigenvalue weighted by Gasteiger charge is -2.22. The molecule has 0 rings (SSSR count).